The van der Waals surface area contributed by atoms with Crippen LogP contribution < -0.4 is 14.7 Å². The summed E-state index contributed by atoms with van der Waals surface area (Å²) in [6.07, 6.45) is 29.8. The summed E-state index contributed by atoms with van der Waals surface area (Å²) in [5.74, 6) is 0. The largest absolute Gasteiger partial charge is 0.310 e. The molecule has 3 spiro atoms. The summed E-state index contributed by atoms with van der Waals surface area (Å²) in [6, 6.07) is 85.2. The van der Waals surface area contributed by atoms with Crippen molar-refractivity contribution in [2.75, 3.05) is 14.7 Å². The average Bonchev–Trinajstić information content (AvgIpc) is 1.39. The molecule has 119 heavy (non-hydrogen) atoms. The number of aryl methyl sites for hydroxylation is 17. The molecule has 0 radical (unpaired) electrons. The number of rotatable bonds is 29. The summed E-state index contributed by atoms with van der Waals surface area (Å²) in [5.41, 5.74) is 42.8. The van der Waals surface area contributed by atoms with Gasteiger partial charge in [-0.3, -0.25) is 0 Å². The van der Waals surface area contributed by atoms with Crippen LogP contribution in [-0.4, -0.2) is 0 Å². The van der Waals surface area contributed by atoms with Crippen molar-refractivity contribution in [3.05, 3.63) is 324 Å². The van der Waals surface area contributed by atoms with Crippen molar-refractivity contribution in [3.8, 4) is 11.1 Å². The first-order valence-corrected chi connectivity index (χ1v) is 46.5. The highest BCUT2D eigenvalue weighted by Crippen LogP contribution is 2.99. The van der Waals surface area contributed by atoms with Gasteiger partial charge in [-0.05, 0) is 423 Å². The summed E-state index contributed by atoms with van der Waals surface area (Å²) in [4.78, 5) is 7.46. The molecule has 3 saturated carbocycles. The molecule has 3 heteroatoms. The normalized spacial score (nSPS) is 16.4. The summed E-state index contributed by atoms with van der Waals surface area (Å²) >= 11 is 0. The zero-order valence-electron chi connectivity index (χ0n) is 75.6. The smallest absolute Gasteiger partial charge is 0.0468 e. The first-order chi connectivity index (χ1) is 57.8. The number of fused-ring (bicyclic) bond motifs is 7. The van der Waals surface area contributed by atoms with Crippen LogP contribution in [0.2, 0.25) is 0 Å². The minimum absolute atomic E-state index is 0.358. The molecule has 0 heterocycles. The highest BCUT2D eigenvalue weighted by atomic mass is 15.2. The van der Waals surface area contributed by atoms with E-state index in [0.29, 0.717) is 16.2 Å². The second kappa shape index (κ2) is 36.2. The molecule has 13 aromatic rings. The highest BCUT2D eigenvalue weighted by Gasteiger charge is 2.96. The van der Waals surface area contributed by atoms with Gasteiger partial charge >= 0.3 is 0 Å². The summed E-state index contributed by atoms with van der Waals surface area (Å²) in [5, 5.41) is 8.15. The van der Waals surface area contributed by atoms with Crippen LogP contribution in [0.25, 0.3) is 43.4 Å². The van der Waals surface area contributed by atoms with E-state index in [1.807, 2.05) is 0 Å². The molecule has 0 aromatic heterocycles. The van der Waals surface area contributed by atoms with Crippen molar-refractivity contribution in [3.63, 3.8) is 0 Å². The number of hydrogen-bond donors (Lipinski definition) is 0. The summed E-state index contributed by atoms with van der Waals surface area (Å²) in [7, 11) is 0. The second-order valence-electron chi connectivity index (χ2n) is 36.3. The Morgan fingerprint density at radius 1 is 0.244 bits per heavy atom. The van der Waals surface area contributed by atoms with Crippen molar-refractivity contribution < 1.29 is 0 Å². The van der Waals surface area contributed by atoms with Crippen LogP contribution in [0.4, 0.5) is 51.2 Å². The Morgan fingerprint density at radius 3 is 1.07 bits per heavy atom. The van der Waals surface area contributed by atoms with E-state index in [4.69, 9.17) is 0 Å². The molecule has 3 nitrogen and oxygen atoms in total. The third kappa shape index (κ3) is 15.8. The maximum Gasteiger partial charge on any atom is 0.0468 e. The Hall–Kier alpha value is -9.96. The predicted molar refractivity (Wildman–Crippen MR) is 519 cm³/mol. The zero-order chi connectivity index (χ0) is 83.4. The van der Waals surface area contributed by atoms with Crippen LogP contribution in [0.1, 0.15) is 264 Å². The molecule has 0 N–H and O–H groups in total. The second-order valence-corrected chi connectivity index (χ2v) is 36.3. The third-order valence-corrected chi connectivity index (χ3v) is 29.2. The van der Waals surface area contributed by atoms with Gasteiger partial charge in [-0.15, -0.1) is 0 Å². The van der Waals surface area contributed by atoms with E-state index in [1.54, 1.807) is 16.7 Å². The van der Waals surface area contributed by atoms with Gasteiger partial charge in [-0.1, -0.05) is 222 Å². The average molecular weight is 1570 g/mol. The van der Waals surface area contributed by atoms with Gasteiger partial charge in [0.15, 0.2) is 0 Å². The highest BCUT2D eigenvalue weighted by molar-refractivity contribution is 6.12. The van der Waals surface area contributed by atoms with Gasteiger partial charge in [-0.25, -0.2) is 0 Å². The number of benzene rings is 13. The van der Waals surface area contributed by atoms with Crippen LogP contribution in [-0.2, 0) is 62.2 Å². The van der Waals surface area contributed by atoms with Crippen molar-refractivity contribution in [2.24, 2.45) is 5.41 Å². The van der Waals surface area contributed by atoms with E-state index in [2.05, 4.69) is 351 Å². The van der Waals surface area contributed by atoms with E-state index >= 15 is 0 Å². The predicted octanol–water partition coefficient (Wildman–Crippen LogP) is 33.6. The zero-order valence-corrected chi connectivity index (χ0v) is 75.6. The maximum atomic E-state index is 2.65. The number of anilines is 9. The van der Waals surface area contributed by atoms with Gasteiger partial charge in [0.25, 0.3) is 0 Å². The number of nitrogens with zero attached hydrogens (tertiary/aromatic N) is 3. The lowest BCUT2D eigenvalue weighted by Gasteiger charge is -2.37. The molecule has 0 aliphatic heterocycles. The molecule has 614 valence electrons. The number of unbranched alkanes of at least 4 members (excludes halogenated alkanes) is 8. The Kier molecular flexibility index (Phi) is 25.5. The summed E-state index contributed by atoms with van der Waals surface area (Å²) in [6.45, 7) is 38.3. The fourth-order valence-electron chi connectivity index (χ4n) is 21.8. The lowest BCUT2D eigenvalue weighted by Crippen LogP contribution is -2.30. The van der Waals surface area contributed by atoms with Crippen LogP contribution in [0, 0.1) is 67.7 Å². The van der Waals surface area contributed by atoms with Crippen LogP contribution in [0.3, 0.4) is 0 Å². The summed E-state index contributed by atoms with van der Waals surface area (Å²) < 4.78 is 0. The molecule has 4 aliphatic carbocycles. The minimum atomic E-state index is 0.358. The topological polar surface area (TPSA) is 9.72 Å². The van der Waals surface area contributed by atoms with Gasteiger partial charge < -0.3 is 14.7 Å². The first-order valence-electron chi connectivity index (χ1n) is 46.5. The molecule has 3 fully saturated rings. The van der Waals surface area contributed by atoms with Gasteiger partial charge in [0.2, 0.25) is 0 Å². The lowest BCUT2D eigenvalue weighted by atomic mass is 9.66. The van der Waals surface area contributed by atoms with Gasteiger partial charge in [-0.2, -0.15) is 0 Å². The van der Waals surface area contributed by atoms with Gasteiger partial charge in [0.1, 0.15) is 0 Å². The quantitative estimate of drug-likeness (QED) is 0.0342. The Balaban J connectivity index is 0.000000140. The molecule has 1 unspecified atom stereocenters. The monoisotopic (exact) mass is 1570 g/mol. The van der Waals surface area contributed by atoms with Crippen molar-refractivity contribution in [2.45, 2.75) is 283 Å². The fraction of sp³-hybridized carbons (Fsp3) is 0.379. The van der Waals surface area contributed by atoms with Crippen LogP contribution >= 0.6 is 0 Å². The minimum Gasteiger partial charge on any atom is -0.310 e. The van der Waals surface area contributed by atoms with E-state index in [0.717, 1.165) is 44.9 Å². The first kappa shape index (κ1) is 84.1. The molecular formula is C116H135N3. The van der Waals surface area contributed by atoms with Gasteiger partial charge in [0, 0.05) is 62.0 Å². The van der Waals surface area contributed by atoms with E-state index < -0.39 is 0 Å². The van der Waals surface area contributed by atoms with E-state index in [-0.39, 0.29) is 0 Å². The molecule has 0 amide bonds. The maximum absolute atomic E-state index is 2.65. The Morgan fingerprint density at radius 2 is 0.605 bits per heavy atom. The van der Waals surface area contributed by atoms with Crippen molar-refractivity contribution in [1.29, 1.82) is 0 Å². The van der Waals surface area contributed by atoms with Crippen LogP contribution in [0.5, 0.6) is 0 Å². The third-order valence-electron chi connectivity index (χ3n) is 29.2. The number of hydrogen-bond acceptors (Lipinski definition) is 3. The standard InChI is InChI=1S/C41H45N.C40H53N.C35H37N/c1-6-9-10-29-13-17-35-36-18-16-34(26-38(36)41-22-20-39(41)19-21-40(39,41)37(35)23-29)42(32-14-11-27(4)30(7-2)24-32)33-15-12-28(5)31(8-3)25-33;1-6-9-12-14-17-34-28-38(24-19-31(34)4)41(39-25-20-32(5)35(29-39)18-15-13-10-7-2)40-26-23-36-27-33(16-11-8-3)21-22-37(36)30-40;1-8-30-31(9-2)35-21-29(15-17-33(35)32-16-10-22(3)18-34(30)32)36(27-13-11-23(4)25(6)19-27)28-14-12-24(5)26(7)20-28/h11-18,23-26H,6-10,19-22H2,1-5H3;19-30H,6-18H2,1-5H3;10-21H,8-9H2,1-7H3/t39?,40-,41+;;/m0../s1. The molecule has 0 bridgehead atoms. The van der Waals surface area contributed by atoms with Crippen LogP contribution in [0.15, 0.2) is 218 Å². The SMILES string of the molecule is CCCCCCc1cc(N(c2ccc(C)c(CCCCCC)c2)c2ccc3cc(CCCC)ccc3c2)ccc1C.CCCCc1ccc2c(c1)[C@@]13CCC14CC[C@@]43c1cc(N(c3ccc(C)c(CC)c3)c3ccc(C)c(CC)c3)ccc1-2.CCc1c(CC)c2cc(N(c3ccc(C)c(C)c3)c3ccc(C)c(C)c3)ccc2c2ccc(C)cc12. The van der Waals surface area contributed by atoms with E-state index in [1.165, 1.54) is 293 Å². The Labute approximate surface area is 716 Å². The molecule has 13 aromatic carbocycles. The van der Waals surface area contributed by atoms with E-state index in [9.17, 15) is 0 Å². The molecule has 3 atom stereocenters. The Bertz CT molecular complexity index is 5690. The molecule has 4 aliphatic rings. The molecule has 17 rings (SSSR count). The lowest BCUT2D eigenvalue weighted by molar-refractivity contribution is 0.183. The van der Waals surface area contributed by atoms with Gasteiger partial charge in [0.05, 0.1) is 0 Å². The fourth-order valence-corrected chi connectivity index (χ4v) is 21.8. The van der Waals surface area contributed by atoms with Crippen molar-refractivity contribution >= 4 is 83.5 Å². The molecular weight excluding hydrogens is 1440 g/mol. The van der Waals surface area contributed by atoms with Crippen molar-refractivity contribution in [1.82, 2.24) is 0 Å². The molecule has 0 saturated heterocycles.